The number of rotatable bonds is 9. The minimum Gasteiger partial charge on any atom is -0.490 e. The Morgan fingerprint density at radius 2 is 1.90 bits per heavy atom. The molecule has 0 radical (unpaired) electrons. The summed E-state index contributed by atoms with van der Waals surface area (Å²) in [5, 5.41) is 12.2. The molecule has 7 nitrogen and oxygen atoms in total. The maximum atomic E-state index is 12.5. The number of hydrogen-bond donors (Lipinski definition) is 1. The predicted molar refractivity (Wildman–Crippen MR) is 119 cm³/mol. The van der Waals surface area contributed by atoms with Gasteiger partial charge >= 0.3 is 0 Å². The van der Waals surface area contributed by atoms with Crippen LogP contribution in [-0.2, 0) is 4.79 Å². The zero-order chi connectivity index (χ0) is 21.5. The first kappa shape index (κ1) is 22.0. The van der Waals surface area contributed by atoms with Crippen LogP contribution < -0.4 is 14.8 Å². The number of thioether (sulfide) groups is 1. The quantitative estimate of drug-likeness (QED) is 0.477. The largest absolute Gasteiger partial charge is 0.490 e. The fraction of sp³-hybridized carbons (Fsp3) is 0.286. The molecule has 9 heteroatoms. The molecular weight excluding hydrogens is 424 g/mol. The Bertz CT molecular complexity index is 1030. The summed E-state index contributed by atoms with van der Waals surface area (Å²) in [5.41, 5.74) is 2.47. The van der Waals surface area contributed by atoms with E-state index in [2.05, 4.69) is 15.5 Å². The molecule has 0 atom stereocenters. The molecule has 0 saturated carbocycles. The second-order valence-electron chi connectivity index (χ2n) is 6.28. The molecule has 1 aromatic heterocycles. The van der Waals surface area contributed by atoms with Crippen LogP contribution in [0, 0.1) is 6.92 Å². The number of nitrogens with zero attached hydrogens (tertiary/aromatic N) is 3. The van der Waals surface area contributed by atoms with Gasteiger partial charge in [-0.2, -0.15) is 0 Å². The van der Waals surface area contributed by atoms with Crippen LogP contribution in [0.4, 0.5) is 5.69 Å². The third-order valence-electron chi connectivity index (χ3n) is 4.11. The van der Waals surface area contributed by atoms with Crippen LogP contribution >= 0.6 is 23.4 Å². The van der Waals surface area contributed by atoms with E-state index in [1.54, 1.807) is 29.1 Å². The average molecular weight is 447 g/mol. The van der Waals surface area contributed by atoms with E-state index in [4.69, 9.17) is 21.1 Å². The Balaban J connectivity index is 1.65. The molecule has 0 fully saturated rings. The maximum absolute atomic E-state index is 12.5. The number of anilines is 1. The lowest BCUT2D eigenvalue weighted by Gasteiger charge is -2.13. The molecular formula is C21H23ClN4O3S. The van der Waals surface area contributed by atoms with Crippen LogP contribution in [0.15, 0.2) is 47.9 Å². The number of carbonyl (C=O) groups is 1. The standard InChI is InChI=1S/C21H23ClN4O3S/c1-4-28-18-9-7-15(10-19(18)29-5-2)24-20(27)12-30-21-25-23-13-26(21)16-8-6-14(3)17(22)11-16/h6-11,13H,4-5,12H2,1-3H3,(H,24,27). The summed E-state index contributed by atoms with van der Waals surface area (Å²) in [6, 6.07) is 11.0. The third kappa shape index (κ3) is 5.46. The van der Waals surface area contributed by atoms with Gasteiger partial charge in [0, 0.05) is 16.8 Å². The molecule has 1 heterocycles. The Kier molecular flexibility index (Phi) is 7.59. The third-order valence-corrected chi connectivity index (χ3v) is 5.46. The highest BCUT2D eigenvalue weighted by Crippen LogP contribution is 2.31. The molecule has 0 aliphatic heterocycles. The molecule has 3 rings (SSSR count). The van der Waals surface area contributed by atoms with Crippen molar-refractivity contribution in [3.05, 3.63) is 53.3 Å². The van der Waals surface area contributed by atoms with E-state index in [9.17, 15) is 4.79 Å². The van der Waals surface area contributed by atoms with Gasteiger partial charge in [-0.3, -0.25) is 9.36 Å². The van der Waals surface area contributed by atoms with Gasteiger partial charge in [-0.15, -0.1) is 10.2 Å². The minimum atomic E-state index is -0.164. The number of amides is 1. The van der Waals surface area contributed by atoms with E-state index < -0.39 is 0 Å². The summed E-state index contributed by atoms with van der Waals surface area (Å²) < 4.78 is 12.9. The van der Waals surface area contributed by atoms with Crippen LogP contribution in [0.2, 0.25) is 5.02 Å². The molecule has 0 spiro atoms. The van der Waals surface area contributed by atoms with E-state index >= 15 is 0 Å². The Morgan fingerprint density at radius 1 is 1.13 bits per heavy atom. The topological polar surface area (TPSA) is 78.3 Å². The van der Waals surface area contributed by atoms with Crippen LogP contribution in [-0.4, -0.2) is 39.6 Å². The highest BCUT2D eigenvalue weighted by Gasteiger charge is 2.13. The smallest absolute Gasteiger partial charge is 0.234 e. The van der Waals surface area contributed by atoms with Gasteiger partial charge in [0.2, 0.25) is 5.91 Å². The van der Waals surface area contributed by atoms with Crippen molar-refractivity contribution in [2.75, 3.05) is 24.3 Å². The molecule has 1 amide bonds. The number of aryl methyl sites for hydroxylation is 1. The van der Waals surface area contributed by atoms with E-state index in [0.717, 1.165) is 11.3 Å². The van der Waals surface area contributed by atoms with Crippen molar-refractivity contribution in [1.29, 1.82) is 0 Å². The number of hydrogen-bond acceptors (Lipinski definition) is 6. The number of nitrogens with one attached hydrogen (secondary N) is 1. The highest BCUT2D eigenvalue weighted by atomic mass is 35.5. The highest BCUT2D eigenvalue weighted by molar-refractivity contribution is 7.99. The first-order valence-corrected chi connectivity index (χ1v) is 10.9. The molecule has 0 aliphatic rings. The van der Waals surface area contributed by atoms with E-state index in [-0.39, 0.29) is 11.7 Å². The summed E-state index contributed by atoms with van der Waals surface area (Å²) in [5.74, 6) is 1.26. The van der Waals surface area contributed by atoms with Crippen LogP contribution in [0.5, 0.6) is 11.5 Å². The van der Waals surface area contributed by atoms with Crippen molar-refractivity contribution >= 4 is 35.0 Å². The van der Waals surface area contributed by atoms with Crippen molar-refractivity contribution in [1.82, 2.24) is 14.8 Å². The second kappa shape index (κ2) is 10.4. The molecule has 2 aromatic carbocycles. The van der Waals surface area contributed by atoms with Crippen molar-refractivity contribution in [3.63, 3.8) is 0 Å². The summed E-state index contributed by atoms with van der Waals surface area (Å²) in [6.07, 6.45) is 1.60. The fourth-order valence-electron chi connectivity index (χ4n) is 2.69. The molecule has 158 valence electrons. The van der Waals surface area contributed by atoms with Gasteiger partial charge in [0.25, 0.3) is 0 Å². The Labute approximate surface area is 184 Å². The number of aromatic nitrogens is 3. The summed E-state index contributed by atoms with van der Waals surface area (Å²) in [6.45, 7) is 6.79. The monoisotopic (exact) mass is 446 g/mol. The maximum Gasteiger partial charge on any atom is 0.234 e. The number of carbonyl (C=O) groups excluding carboxylic acids is 1. The van der Waals surface area contributed by atoms with E-state index in [0.29, 0.717) is 40.6 Å². The van der Waals surface area contributed by atoms with Crippen LogP contribution in [0.3, 0.4) is 0 Å². The molecule has 0 bridgehead atoms. The zero-order valence-corrected chi connectivity index (χ0v) is 18.6. The van der Waals surface area contributed by atoms with Crippen molar-refractivity contribution in [2.24, 2.45) is 0 Å². The van der Waals surface area contributed by atoms with Crippen LogP contribution in [0.25, 0.3) is 5.69 Å². The SMILES string of the molecule is CCOc1ccc(NC(=O)CSc2nncn2-c2ccc(C)c(Cl)c2)cc1OCC. The Hall–Kier alpha value is -2.71. The average Bonchev–Trinajstić information content (AvgIpc) is 3.19. The van der Waals surface area contributed by atoms with E-state index in [1.165, 1.54) is 11.8 Å². The van der Waals surface area contributed by atoms with E-state index in [1.807, 2.05) is 39.0 Å². The molecule has 30 heavy (non-hydrogen) atoms. The van der Waals surface area contributed by atoms with Gasteiger partial charge in [0.1, 0.15) is 6.33 Å². The first-order chi connectivity index (χ1) is 14.5. The van der Waals surface area contributed by atoms with Gasteiger partial charge in [-0.05, 0) is 50.6 Å². The first-order valence-electron chi connectivity index (χ1n) is 9.50. The normalized spacial score (nSPS) is 10.7. The molecule has 1 N–H and O–H groups in total. The van der Waals surface area contributed by atoms with Crippen molar-refractivity contribution < 1.29 is 14.3 Å². The molecule has 3 aromatic rings. The summed E-state index contributed by atoms with van der Waals surface area (Å²) in [7, 11) is 0. The number of halogens is 1. The molecule has 0 saturated heterocycles. The van der Waals surface area contributed by atoms with Crippen molar-refractivity contribution in [3.8, 4) is 17.2 Å². The van der Waals surface area contributed by atoms with Crippen LogP contribution in [0.1, 0.15) is 19.4 Å². The van der Waals surface area contributed by atoms with Gasteiger partial charge < -0.3 is 14.8 Å². The molecule has 0 unspecified atom stereocenters. The summed E-state index contributed by atoms with van der Waals surface area (Å²) >= 11 is 7.51. The van der Waals surface area contributed by atoms with Crippen molar-refractivity contribution in [2.45, 2.75) is 25.9 Å². The lowest BCUT2D eigenvalue weighted by Crippen LogP contribution is -2.14. The van der Waals surface area contributed by atoms with Gasteiger partial charge in [0.05, 0.1) is 24.7 Å². The predicted octanol–water partition coefficient (Wildman–Crippen LogP) is 4.76. The minimum absolute atomic E-state index is 0.164. The lowest BCUT2D eigenvalue weighted by atomic mass is 10.2. The molecule has 0 aliphatic carbocycles. The van der Waals surface area contributed by atoms with Gasteiger partial charge in [-0.25, -0.2) is 0 Å². The second-order valence-corrected chi connectivity index (χ2v) is 7.63. The fourth-order valence-corrected chi connectivity index (χ4v) is 3.59. The lowest BCUT2D eigenvalue weighted by molar-refractivity contribution is -0.113. The summed E-state index contributed by atoms with van der Waals surface area (Å²) in [4.78, 5) is 12.5. The number of benzene rings is 2. The van der Waals surface area contributed by atoms with Gasteiger partial charge in [0.15, 0.2) is 16.7 Å². The van der Waals surface area contributed by atoms with Gasteiger partial charge in [-0.1, -0.05) is 29.4 Å². The Morgan fingerprint density at radius 3 is 2.63 bits per heavy atom. The number of ether oxygens (including phenoxy) is 2. The zero-order valence-electron chi connectivity index (χ0n) is 17.0.